The van der Waals surface area contributed by atoms with E-state index in [4.69, 9.17) is 16.3 Å². The second-order valence-corrected chi connectivity index (χ2v) is 6.91. The van der Waals surface area contributed by atoms with Crippen LogP contribution in [0.25, 0.3) is 0 Å². The van der Waals surface area contributed by atoms with Gasteiger partial charge < -0.3 is 15.0 Å². The van der Waals surface area contributed by atoms with E-state index in [-0.39, 0.29) is 18.6 Å². The van der Waals surface area contributed by atoms with Gasteiger partial charge in [-0.1, -0.05) is 48.0 Å². The highest BCUT2D eigenvalue weighted by atomic mass is 35.5. The zero-order valence-corrected chi connectivity index (χ0v) is 15.7. The van der Waals surface area contributed by atoms with Crippen LogP contribution >= 0.6 is 11.6 Å². The third-order valence-corrected chi connectivity index (χ3v) is 4.79. The molecule has 1 N–H and O–H groups in total. The highest BCUT2D eigenvalue weighted by Gasteiger charge is 2.24. The van der Waals surface area contributed by atoms with E-state index in [1.54, 1.807) is 23.1 Å². The Labute approximate surface area is 163 Å². The van der Waals surface area contributed by atoms with Crippen LogP contribution in [-0.2, 0) is 11.3 Å². The number of aromatic nitrogens is 1. The summed E-state index contributed by atoms with van der Waals surface area (Å²) in [5.41, 5.74) is 1.28. The second-order valence-electron chi connectivity index (χ2n) is 6.53. The average Bonchev–Trinajstić information content (AvgIpc) is 2.71. The number of amides is 2. The fraction of sp³-hybridized carbons (Fsp3) is 0.350. The summed E-state index contributed by atoms with van der Waals surface area (Å²) < 4.78 is 5.37. The molecule has 0 spiro atoms. The molecule has 2 heterocycles. The first kappa shape index (κ1) is 19.2. The van der Waals surface area contributed by atoms with Crippen molar-refractivity contribution >= 4 is 23.6 Å². The zero-order chi connectivity index (χ0) is 19.1. The van der Waals surface area contributed by atoms with E-state index >= 15 is 0 Å². The fourth-order valence-electron chi connectivity index (χ4n) is 2.99. The highest BCUT2D eigenvalue weighted by molar-refractivity contribution is 6.29. The monoisotopic (exact) mass is 387 g/mol. The van der Waals surface area contributed by atoms with Crippen molar-refractivity contribution < 1.29 is 14.3 Å². The Morgan fingerprint density at radius 3 is 2.56 bits per heavy atom. The summed E-state index contributed by atoms with van der Waals surface area (Å²) in [5.74, 6) is 0.0912. The van der Waals surface area contributed by atoms with Gasteiger partial charge in [0.15, 0.2) is 0 Å². The Bertz CT molecular complexity index is 777. The summed E-state index contributed by atoms with van der Waals surface area (Å²) in [6.45, 7) is 2.09. The quantitative estimate of drug-likeness (QED) is 0.797. The van der Waals surface area contributed by atoms with Gasteiger partial charge in [-0.2, -0.15) is 0 Å². The molecule has 0 aliphatic carbocycles. The third kappa shape index (κ3) is 5.69. The molecule has 1 saturated heterocycles. The number of hydrogen-bond donors (Lipinski definition) is 1. The van der Waals surface area contributed by atoms with Crippen LogP contribution < -0.4 is 5.32 Å². The van der Waals surface area contributed by atoms with Gasteiger partial charge in [-0.25, -0.2) is 9.78 Å². The van der Waals surface area contributed by atoms with Gasteiger partial charge in [-0.15, -0.1) is 0 Å². The van der Waals surface area contributed by atoms with E-state index in [1.165, 1.54) is 0 Å². The van der Waals surface area contributed by atoms with Crippen molar-refractivity contribution in [1.82, 2.24) is 15.2 Å². The second kappa shape index (κ2) is 9.37. The molecular weight excluding hydrogens is 366 g/mol. The maximum atomic E-state index is 12.2. The number of rotatable bonds is 5. The van der Waals surface area contributed by atoms with Crippen molar-refractivity contribution in [2.75, 3.05) is 19.6 Å². The number of pyridine rings is 1. The lowest BCUT2D eigenvalue weighted by Gasteiger charge is -2.31. The number of likely N-dealkylation sites (tertiary alicyclic amines) is 1. The minimum atomic E-state index is -0.288. The van der Waals surface area contributed by atoms with Crippen LogP contribution in [0.3, 0.4) is 0 Å². The van der Waals surface area contributed by atoms with E-state index in [9.17, 15) is 9.59 Å². The van der Waals surface area contributed by atoms with Crippen LogP contribution in [0.5, 0.6) is 0 Å². The number of nitrogens with zero attached hydrogens (tertiary/aromatic N) is 2. The molecule has 1 fully saturated rings. The summed E-state index contributed by atoms with van der Waals surface area (Å²) >= 11 is 5.81. The zero-order valence-electron chi connectivity index (χ0n) is 14.9. The Kier molecular flexibility index (Phi) is 6.65. The highest BCUT2D eigenvalue weighted by Crippen LogP contribution is 2.18. The van der Waals surface area contributed by atoms with E-state index in [0.29, 0.717) is 36.4 Å². The van der Waals surface area contributed by atoms with Crippen LogP contribution in [0.4, 0.5) is 4.79 Å². The van der Waals surface area contributed by atoms with E-state index in [0.717, 1.165) is 18.4 Å². The Morgan fingerprint density at radius 1 is 1.11 bits per heavy atom. The fourth-order valence-corrected chi connectivity index (χ4v) is 3.16. The molecule has 1 aromatic carbocycles. The summed E-state index contributed by atoms with van der Waals surface area (Å²) in [7, 11) is 0. The minimum Gasteiger partial charge on any atom is -0.445 e. The summed E-state index contributed by atoms with van der Waals surface area (Å²) in [5, 5.41) is 3.19. The van der Waals surface area contributed by atoms with Gasteiger partial charge in [0.2, 0.25) is 0 Å². The van der Waals surface area contributed by atoms with E-state index in [2.05, 4.69) is 10.3 Å². The number of halogens is 1. The largest absolute Gasteiger partial charge is 0.445 e. The topological polar surface area (TPSA) is 71.5 Å². The number of nitrogens with one attached hydrogen (secondary N) is 1. The summed E-state index contributed by atoms with van der Waals surface area (Å²) in [6.07, 6.45) is 1.36. The lowest BCUT2D eigenvalue weighted by molar-refractivity contribution is 0.0800. The summed E-state index contributed by atoms with van der Waals surface area (Å²) in [6, 6.07) is 14.6. The molecule has 2 aromatic rings. The molecule has 142 valence electrons. The molecule has 1 aromatic heterocycles. The van der Waals surface area contributed by atoms with Gasteiger partial charge in [0, 0.05) is 19.6 Å². The third-order valence-electron chi connectivity index (χ3n) is 4.58. The number of piperidine rings is 1. The van der Waals surface area contributed by atoms with Crippen molar-refractivity contribution in [3.05, 3.63) is 64.9 Å². The SMILES string of the molecule is O=C(NCC1CCN(C(=O)OCc2ccccc2)CC1)c1cccc(Cl)n1. The average molecular weight is 388 g/mol. The molecule has 0 bridgehead atoms. The molecule has 3 rings (SSSR count). The molecule has 1 aliphatic heterocycles. The van der Waals surface area contributed by atoms with Crippen LogP contribution in [0.1, 0.15) is 28.9 Å². The molecule has 6 nitrogen and oxygen atoms in total. The van der Waals surface area contributed by atoms with Crippen LogP contribution in [-0.4, -0.2) is 41.5 Å². The van der Waals surface area contributed by atoms with Gasteiger partial charge in [0.05, 0.1) is 0 Å². The van der Waals surface area contributed by atoms with E-state index < -0.39 is 0 Å². The van der Waals surface area contributed by atoms with Gasteiger partial charge >= 0.3 is 6.09 Å². The van der Waals surface area contributed by atoms with Crippen molar-refractivity contribution in [3.63, 3.8) is 0 Å². The van der Waals surface area contributed by atoms with Crippen molar-refractivity contribution in [2.45, 2.75) is 19.4 Å². The lowest BCUT2D eigenvalue weighted by atomic mass is 9.97. The molecule has 0 atom stereocenters. The smallest absolute Gasteiger partial charge is 0.410 e. The Balaban J connectivity index is 1.38. The van der Waals surface area contributed by atoms with E-state index in [1.807, 2.05) is 30.3 Å². The van der Waals surface area contributed by atoms with Gasteiger partial charge in [0.25, 0.3) is 5.91 Å². The normalized spacial score (nSPS) is 14.6. The molecule has 0 unspecified atom stereocenters. The van der Waals surface area contributed by atoms with Gasteiger partial charge in [0.1, 0.15) is 17.5 Å². The van der Waals surface area contributed by atoms with Crippen LogP contribution in [0.2, 0.25) is 5.15 Å². The minimum absolute atomic E-state index is 0.234. The number of ether oxygens (including phenoxy) is 1. The Morgan fingerprint density at radius 2 is 1.85 bits per heavy atom. The first-order valence-corrected chi connectivity index (χ1v) is 9.36. The molecule has 0 radical (unpaired) electrons. The van der Waals surface area contributed by atoms with Gasteiger partial charge in [-0.3, -0.25) is 4.79 Å². The maximum Gasteiger partial charge on any atom is 0.410 e. The lowest BCUT2D eigenvalue weighted by Crippen LogP contribution is -2.41. The molecule has 2 amide bonds. The number of carbonyl (C=O) groups excluding carboxylic acids is 2. The first-order chi connectivity index (χ1) is 13.1. The van der Waals surface area contributed by atoms with Crippen molar-refractivity contribution in [3.8, 4) is 0 Å². The summed E-state index contributed by atoms with van der Waals surface area (Å²) in [4.78, 5) is 30.0. The standard InChI is InChI=1S/C20H22ClN3O3/c21-18-8-4-7-17(23-18)19(25)22-13-15-9-11-24(12-10-15)20(26)27-14-16-5-2-1-3-6-16/h1-8,15H,9-14H2,(H,22,25). The molecule has 0 saturated carbocycles. The van der Waals surface area contributed by atoms with Gasteiger partial charge in [-0.05, 0) is 36.5 Å². The molecular formula is C20H22ClN3O3. The number of benzene rings is 1. The predicted molar refractivity (Wildman–Crippen MR) is 103 cm³/mol. The van der Waals surface area contributed by atoms with Crippen molar-refractivity contribution in [1.29, 1.82) is 0 Å². The van der Waals surface area contributed by atoms with Crippen molar-refractivity contribution in [2.24, 2.45) is 5.92 Å². The Hall–Kier alpha value is -2.60. The van der Waals surface area contributed by atoms with Crippen LogP contribution in [0, 0.1) is 5.92 Å². The first-order valence-electron chi connectivity index (χ1n) is 8.98. The number of carbonyl (C=O) groups is 2. The maximum absolute atomic E-state index is 12.2. The predicted octanol–water partition coefficient (Wildman–Crippen LogP) is 3.51. The molecule has 1 aliphatic rings. The molecule has 7 heteroatoms. The molecule has 27 heavy (non-hydrogen) atoms. The van der Waals surface area contributed by atoms with Crippen LogP contribution in [0.15, 0.2) is 48.5 Å². The number of hydrogen-bond acceptors (Lipinski definition) is 4.